The van der Waals surface area contributed by atoms with Crippen molar-refractivity contribution in [2.24, 2.45) is 0 Å². The van der Waals surface area contributed by atoms with Gasteiger partial charge < -0.3 is 14.7 Å². The molecule has 126 valence electrons. The number of benzene rings is 1. The second kappa shape index (κ2) is 6.57. The Labute approximate surface area is 134 Å². The SMILES string of the molecule is C[C@H](Oc1cccc(C(=O)O)c1)C(=O)N(C)[C@H]1CCS(=O)(=O)C1. The van der Waals surface area contributed by atoms with Crippen LogP contribution in [0.4, 0.5) is 0 Å². The number of carboxylic acid groups (broad SMARTS) is 1. The number of likely N-dealkylation sites (N-methyl/N-ethyl adjacent to an activating group) is 1. The molecule has 1 fully saturated rings. The number of hydrogen-bond acceptors (Lipinski definition) is 5. The minimum absolute atomic E-state index is 0.0313. The van der Waals surface area contributed by atoms with Crippen molar-refractivity contribution >= 4 is 21.7 Å². The molecule has 1 saturated heterocycles. The van der Waals surface area contributed by atoms with Gasteiger partial charge in [0.1, 0.15) is 5.75 Å². The Morgan fingerprint density at radius 1 is 1.39 bits per heavy atom. The Morgan fingerprint density at radius 3 is 2.65 bits per heavy atom. The maximum absolute atomic E-state index is 12.4. The molecule has 2 rings (SSSR count). The fourth-order valence-corrected chi connectivity index (χ4v) is 4.28. The van der Waals surface area contributed by atoms with Crippen LogP contribution < -0.4 is 4.74 Å². The predicted molar refractivity (Wildman–Crippen MR) is 83.3 cm³/mol. The van der Waals surface area contributed by atoms with Gasteiger partial charge in [-0.2, -0.15) is 0 Å². The van der Waals surface area contributed by atoms with Crippen LogP contribution in [-0.2, 0) is 14.6 Å². The van der Waals surface area contributed by atoms with Crippen LogP contribution in [-0.4, -0.2) is 61.0 Å². The van der Waals surface area contributed by atoms with Crippen molar-refractivity contribution in [3.05, 3.63) is 29.8 Å². The molecule has 0 radical (unpaired) electrons. The van der Waals surface area contributed by atoms with Gasteiger partial charge in [0.15, 0.2) is 15.9 Å². The Morgan fingerprint density at radius 2 is 2.09 bits per heavy atom. The number of nitrogens with zero attached hydrogens (tertiary/aromatic N) is 1. The zero-order valence-corrected chi connectivity index (χ0v) is 13.7. The van der Waals surface area contributed by atoms with Crippen LogP contribution in [0, 0.1) is 0 Å². The first kappa shape index (κ1) is 17.3. The van der Waals surface area contributed by atoms with Gasteiger partial charge in [-0.25, -0.2) is 13.2 Å². The first-order chi connectivity index (χ1) is 10.7. The van der Waals surface area contributed by atoms with Gasteiger partial charge in [0, 0.05) is 13.1 Å². The van der Waals surface area contributed by atoms with Gasteiger partial charge in [0.25, 0.3) is 5.91 Å². The minimum Gasteiger partial charge on any atom is -0.481 e. The van der Waals surface area contributed by atoms with E-state index in [9.17, 15) is 18.0 Å². The lowest BCUT2D eigenvalue weighted by Crippen LogP contribution is -2.44. The van der Waals surface area contributed by atoms with Crippen molar-refractivity contribution in [1.82, 2.24) is 4.90 Å². The molecule has 0 spiro atoms. The van der Waals surface area contributed by atoms with Gasteiger partial charge in [-0.1, -0.05) is 6.07 Å². The molecule has 0 aliphatic carbocycles. The summed E-state index contributed by atoms with van der Waals surface area (Å²) < 4.78 is 28.5. The summed E-state index contributed by atoms with van der Waals surface area (Å²) >= 11 is 0. The average Bonchev–Trinajstić information content (AvgIpc) is 2.86. The molecule has 8 heteroatoms. The molecule has 0 saturated carbocycles. The normalized spacial score (nSPS) is 20.7. The van der Waals surface area contributed by atoms with Crippen molar-refractivity contribution in [1.29, 1.82) is 0 Å². The van der Waals surface area contributed by atoms with Crippen molar-refractivity contribution in [2.75, 3.05) is 18.6 Å². The first-order valence-corrected chi connectivity index (χ1v) is 8.99. The quantitative estimate of drug-likeness (QED) is 0.850. The third-order valence-electron chi connectivity index (χ3n) is 3.85. The summed E-state index contributed by atoms with van der Waals surface area (Å²) in [7, 11) is -1.52. The number of rotatable bonds is 5. The number of carbonyl (C=O) groups is 2. The lowest BCUT2D eigenvalue weighted by Gasteiger charge is -2.26. The van der Waals surface area contributed by atoms with E-state index in [1.165, 1.54) is 23.1 Å². The molecule has 23 heavy (non-hydrogen) atoms. The minimum atomic E-state index is -3.07. The van der Waals surface area contributed by atoms with Crippen LogP contribution in [0.2, 0.25) is 0 Å². The van der Waals surface area contributed by atoms with Gasteiger partial charge in [-0.3, -0.25) is 4.79 Å². The highest BCUT2D eigenvalue weighted by atomic mass is 32.2. The number of carbonyl (C=O) groups excluding carboxylic acids is 1. The van der Waals surface area contributed by atoms with Crippen LogP contribution in [0.25, 0.3) is 0 Å². The Balaban J connectivity index is 2.02. The summed E-state index contributed by atoms with van der Waals surface area (Å²) in [6.07, 6.45) is -0.418. The van der Waals surface area contributed by atoms with Gasteiger partial charge in [0.05, 0.1) is 17.1 Å². The summed E-state index contributed by atoms with van der Waals surface area (Å²) in [6, 6.07) is 5.52. The van der Waals surface area contributed by atoms with Gasteiger partial charge in [0.2, 0.25) is 0 Å². The number of carboxylic acids is 1. The Kier molecular flexibility index (Phi) is 4.93. The molecule has 0 aromatic heterocycles. The van der Waals surface area contributed by atoms with E-state index in [1.54, 1.807) is 20.0 Å². The van der Waals surface area contributed by atoms with E-state index in [4.69, 9.17) is 9.84 Å². The molecular formula is C15H19NO6S. The van der Waals surface area contributed by atoms with Gasteiger partial charge in [-0.15, -0.1) is 0 Å². The number of hydrogen-bond donors (Lipinski definition) is 1. The zero-order valence-electron chi connectivity index (χ0n) is 12.9. The van der Waals surface area contributed by atoms with Crippen molar-refractivity contribution in [2.45, 2.75) is 25.5 Å². The van der Waals surface area contributed by atoms with E-state index in [0.717, 1.165) is 0 Å². The van der Waals surface area contributed by atoms with E-state index < -0.39 is 21.9 Å². The molecule has 1 aliphatic heterocycles. The second-order valence-corrected chi connectivity index (χ2v) is 7.83. The van der Waals surface area contributed by atoms with E-state index >= 15 is 0 Å². The summed E-state index contributed by atoms with van der Waals surface area (Å²) in [5.74, 6) is -1.09. The fourth-order valence-electron chi connectivity index (χ4n) is 2.50. The highest BCUT2D eigenvalue weighted by Crippen LogP contribution is 2.19. The summed E-state index contributed by atoms with van der Waals surface area (Å²) in [5.41, 5.74) is 0.0670. The van der Waals surface area contributed by atoms with Crippen molar-refractivity contribution in [3.8, 4) is 5.75 Å². The average molecular weight is 341 g/mol. The molecule has 1 aliphatic rings. The molecule has 1 amide bonds. The molecule has 7 nitrogen and oxygen atoms in total. The molecule has 0 unspecified atom stereocenters. The Hall–Kier alpha value is -2.09. The smallest absolute Gasteiger partial charge is 0.335 e. The largest absolute Gasteiger partial charge is 0.481 e. The number of aromatic carboxylic acids is 1. The molecule has 1 aromatic carbocycles. The molecule has 1 heterocycles. The standard InChI is InChI=1S/C15H19NO6S/c1-10(22-13-5-3-4-11(8-13)15(18)19)14(17)16(2)12-6-7-23(20,21)9-12/h3-5,8,10,12H,6-7,9H2,1-2H3,(H,18,19)/t10-,12-/m0/s1. The highest BCUT2D eigenvalue weighted by molar-refractivity contribution is 7.91. The van der Waals surface area contributed by atoms with Crippen LogP contribution in [0.3, 0.4) is 0 Å². The topological polar surface area (TPSA) is 101 Å². The van der Waals surface area contributed by atoms with Crippen LogP contribution >= 0.6 is 0 Å². The first-order valence-electron chi connectivity index (χ1n) is 7.17. The number of ether oxygens (including phenoxy) is 1. The molecule has 2 atom stereocenters. The fraction of sp³-hybridized carbons (Fsp3) is 0.467. The molecule has 0 bridgehead atoms. The van der Waals surface area contributed by atoms with E-state index in [0.29, 0.717) is 6.42 Å². The summed E-state index contributed by atoms with van der Waals surface area (Å²) in [4.78, 5) is 24.7. The summed E-state index contributed by atoms with van der Waals surface area (Å²) in [5, 5.41) is 8.95. The van der Waals surface area contributed by atoms with Crippen LogP contribution in [0.5, 0.6) is 5.75 Å². The third-order valence-corrected chi connectivity index (χ3v) is 5.60. The number of sulfone groups is 1. The number of amides is 1. The predicted octanol–water partition coefficient (Wildman–Crippen LogP) is 0.798. The Bertz CT molecular complexity index is 714. The van der Waals surface area contributed by atoms with E-state index in [1.807, 2.05) is 0 Å². The zero-order chi connectivity index (χ0) is 17.2. The summed E-state index contributed by atoms with van der Waals surface area (Å²) in [6.45, 7) is 1.55. The monoisotopic (exact) mass is 341 g/mol. The van der Waals surface area contributed by atoms with E-state index in [-0.39, 0.29) is 34.8 Å². The molecule has 1 aromatic rings. The van der Waals surface area contributed by atoms with Crippen LogP contribution in [0.15, 0.2) is 24.3 Å². The van der Waals surface area contributed by atoms with Gasteiger partial charge >= 0.3 is 5.97 Å². The van der Waals surface area contributed by atoms with Gasteiger partial charge in [-0.05, 0) is 31.5 Å². The lowest BCUT2D eigenvalue weighted by molar-refractivity contribution is -0.138. The van der Waals surface area contributed by atoms with Crippen molar-refractivity contribution < 1.29 is 27.9 Å². The van der Waals surface area contributed by atoms with Crippen LogP contribution in [0.1, 0.15) is 23.7 Å². The highest BCUT2D eigenvalue weighted by Gasteiger charge is 2.34. The maximum atomic E-state index is 12.4. The van der Waals surface area contributed by atoms with Crippen molar-refractivity contribution in [3.63, 3.8) is 0 Å². The third kappa shape index (κ3) is 4.22. The van der Waals surface area contributed by atoms with E-state index in [2.05, 4.69) is 0 Å². The lowest BCUT2D eigenvalue weighted by atomic mass is 10.2. The maximum Gasteiger partial charge on any atom is 0.335 e. The molecular weight excluding hydrogens is 322 g/mol. The molecule has 1 N–H and O–H groups in total. The second-order valence-electron chi connectivity index (χ2n) is 5.60.